The zero-order chi connectivity index (χ0) is 14.0. The molecule has 0 amide bonds. The van der Waals surface area contributed by atoms with Gasteiger partial charge in [-0.05, 0) is 17.7 Å². The summed E-state index contributed by atoms with van der Waals surface area (Å²) < 4.78 is 11.3. The van der Waals surface area contributed by atoms with Crippen molar-refractivity contribution < 1.29 is 19.4 Å². The maximum atomic E-state index is 11.0. The molecule has 1 aromatic carbocycles. The van der Waals surface area contributed by atoms with Crippen LogP contribution in [0.4, 0.5) is 0 Å². The monoisotopic (exact) mass is 347 g/mol. The lowest BCUT2D eigenvalue weighted by atomic mass is 10.2. The predicted molar refractivity (Wildman–Crippen MR) is 77.0 cm³/mol. The number of rotatable bonds is 4. The van der Waals surface area contributed by atoms with E-state index in [1.54, 1.807) is 26.0 Å². The molecule has 1 aliphatic heterocycles. The molecule has 1 heterocycles. The average molecular weight is 348 g/mol. The summed E-state index contributed by atoms with van der Waals surface area (Å²) in [4.78, 5) is 11.0. The molecular formula is C12H14BrNO4S. The Hall–Kier alpha value is -0.920. The third-order valence-electron chi connectivity index (χ3n) is 2.87. The number of carbonyl (C=O) groups is 1. The van der Waals surface area contributed by atoms with Crippen LogP contribution in [0.1, 0.15) is 10.9 Å². The van der Waals surface area contributed by atoms with Crippen LogP contribution in [0.15, 0.2) is 16.6 Å². The lowest BCUT2D eigenvalue weighted by molar-refractivity contribution is -0.138. The Morgan fingerprint density at radius 2 is 2.05 bits per heavy atom. The Balaban J connectivity index is 2.28. The number of carboxylic acid groups (broad SMARTS) is 1. The summed E-state index contributed by atoms with van der Waals surface area (Å²) >= 11 is 5.04. The number of hydrogen-bond acceptors (Lipinski definition) is 5. The molecule has 0 bridgehead atoms. The van der Waals surface area contributed by atoms with E-state index >= 15 is 0 Å². The van der Waals surface area contributed by atoms with E-state index in [-0.39, 0.29) is 5.37 Å². The van der Waals surface area contributed by atoms with Crippen LogP contribution in [0.25, 0.3) is 0 Å². The van der Waals surface area contributed by atoms with Crippen LogP contribution in [-0.4, -0.2) is 37.1 Å². The second kappa shape index (κ2) is 6.02. The zero-order valence-electron chi connectivity index (χ0n) is 10.5. The second-order valence-electron chi connectivity index (χ2n) is 4.00. The minimum absolute atomic E-state index is 0.0738. The van der Waals surface area contributed by atoms with Crippen molar-refractivity contribution in [3.63, 3.8) is 0 Å². The van der Waals surface area contributed by atoms with Gasteiger partial charge in [-0.15, -0.1) is 11.8 Å². The number of carboxylic acids is 1. The van der Waals surface area contributed by atoms with Gasteiger partial charge in [-0.1, -0.05) is 15.9 Å². The van der Waals surface area contributed by atoms with Crippen molar-refractivity contribution >= 4 is 33.7 Å². The van der Waals surface area contributed by atoms with Crippen LogP contribution in [-0.2, 0) is 4.79 Å². The van der Waals surface area contributed by atoms with Gasteiger partial charge in [0, 0.05) is 10.2 Å². The third-order valence-corrected chi connectivity index (χ3v) is 4.80. The van der Waals surface area contributed by atoms with Gasteiger partial charge in [-0.3, -0.25) is 10.1 Å². The molecule has 1 aliphatic rings. The Morgan fingerprint density at radius 3 is 2.58 bits per heavy atom. The van der Waals surface area contributed by atoms with Gasteiger partial charge in [0.1, 0.15) is 6.04 Å². The molecule has 1 saturated heterocycles. The molecule has 2 N–H and O–H groups in total. The van der Waals surface area contributed by atoms with Crippen molar-refractivity contribution in [2.75, 3.05) is 20.0 Å². The minimum Gasteiger partial charge on any atom is -0.493 e. The van der Waals surface area contributed by atoms with E-state index in [1.807, 2.05) is 12.1 Å². The molecule has 2 atom stereocenters. The van der Waals surface area contributed by atoms with Gasteiger partial charge in [0.25, 0.3) is 0 Å². The van der Waals surface area contributed by atoms with Crippen molar-refractivity contribution in [1.82, 2.24) is 5.32 Å². The van der Waals surface area contributed by atoms with E-state index in [0.29, 0.717) is 17.3 Å². The molecule has 1 fully saturated rings. The lowest BCUT2D eigenvalue weighted by Gasteiger charge is -2.16. The van der Waals surface area contributed by atoms with E-state index in [2.05, 4.69) is 21.2 Å². The lowest BCUT2D eigenvalue weighted by Crippen LogP contribution is -2.33. The minimum atomic E-state index is -0.827. The molecule has 1 unspecified atom stereocenters. The molecule has 0 radical (unpaired) electrons. The van der Waals surface area contributed by atoms with E-state index in [9.17, 15) is 4.79 Å². The van der Waals surface area contributed by atoms with Gasteiger partial charge in [0.2, 0.25) is 0 Å². The van der Waals surface area contributed by atoms with E-state index < -0.39 is 12.0 Å². The van der Waals surface area contributed by atoms with E-state index in [4.69, 9.17) is 14.6 Å². The summed E-state index contributed by atoms with van der Waals surface area (Å²) in [6.45, 7) is 0. The van der Waals surface area contributed by atoms with Crippen molar-refractivity contribution in [3.05, 3.63) is 22.2 Å². The van der Waals surface area contributed by atoms with Gasteiger partial charge >= 0.3 is 5.97 Å². The molecule has 0 aromatic heterocycles. The quantitative estimate of drug-likeness (QED) is 0.870. The van der Waals surface area contributed by atoms with Gasteiger partial charge in [-0.25, -0.2) is 0 Å². The molecule has 0 aliphatic carbocycles. The van der Waals surface area contributed by atoms with Crippen LogP contribution in [0.3, 0.4) is 0 Å². The number of nitrogens with one attached hydrogen (secondary N) is 1. The highest BCUT2D eigenvalue weighted by Gasteiger charge is 2.31. The first-order chi connectivity index (χ1) is 9.06. The summed E-state index contributed by atoms with van der Waals surface area (Å²) in [6, 6.07) is 3.16. The first kappa shape index (κ1) is 14.5. The fraction of sp³-hybridized carbons (Fsp3) is 0.417. The fourth-order valence-electron chi connectivity index (χ4n) is 1.86. The summed E-state index contributed by atoms with van der Waals surface area (Å²) in [7, 11) is 3.15. The fourth-order valence-corrected chi connectivity index (χ4v) is 3.83. The summed E-state index contributed by atoms with van der Waals surface area (Å²) in [5.41, 5.74) is 0.950. The number of benzene rings is 1. The predicted octanol–water partition coefficient (Wildman–Crippen LogP) is 2.25. The number of aliphatic carboxylic acids is 1. The Kier molecular flexibility index (Phi) is 4.59. The normalized spacial score (nSPS) is 22.3. The maximum absolute atomic E-state index is 11.0. The van der Waals surface area contributed by atoms with Gasteiger partial charge < -0.3 is 14.6 Å². The van der Waals surface area contributed by atoms with Gasteiger partial charge in [0.05, 0.1) is 19.6 Å². The first-order valence-corrected chi connectivity index (χ1v) is 7.43. The number of ether oxygens (including phenoxy) is 2. The molecule has 104 valence electrons. The van der Waals surface area contributed by atoms with E-state index in [1.165, 1.54) is 0 Å². The number of hydrogen-bond donors (Lipinski definition) is 2. The Bertz CT molecular complexity index is 497. The second-order valence-corrected chi connectivity index (χ2v) is 5.99. The number of methoxy groups -OCH3 is 2. The van der Waals surface area contributed by atoms with Crippen LogP contribution in [0, 0.1) is 0 Å². The maximum Gasteiger partial charge on any atom is 0.321 e. The summed E-state index contributed by atoms with van der Waals surface area (Å²) in [5.74, 6) is 0.977. The van der Waals surface area contributed by atoms with Crippen LogP contribution in [0.5, 0.6) is 11.5 Å². The van der Waals surface area contributed by atoms with Crippen molar-refractivity contribution in [2.45, 2.75) is 11.4 Å². The molecule has 0 spiro atoms. The van der Waals surface area contributed by atoms with Gasteiger partial charge in [0.15, 0.2) is 11.5 Å². The Labute approximate surface area is 123 Å². The molecule has 5 nitrogen and oxygen atoms in total. The number of halogens is 1. The van der Waals surface area contributed by atoms with Crippen molar-refractivity contribution in [3.8, 4) is 11.5 Å². The highest BCUT2D eigenvalue weighted by atomic mass is 79.9. The molecule has 0 saturated carbocycles. The zero-order valence-corrected chi connectivity index (χ0v) is 12.9. The highest BCUT2D eigenvalue weighted by Crippen LogP contribution is 2.41. The highest BCUT2D eigenvalue weighted by molar-refractivity contribution is 9.10. The Morgan fingerprint density at radius 1 is 1.42 bits per heavy atom. The van der Waals surface area contributed by atoms with E-state index in [0.717, 1.165) is 10.0 Å². The summed E-state index contributed by atoms with van der Waals surface area (Å²) in [6.07, 6.45) is 0. The van der Waals surface area contributed by atoms with Crippen molar-refractivity contribution in [1.29, 1.82) is 0 Å². The largest absolute Gasteiger partial charge is 0.493 e. The van der Waals surface area contributed by atoms with Crippen LogP contribution in [0.2, 0.25) is 0 Å². The number of thioether (sulfide) groups is 1. The van der Waals surface area contributed by atoms with Crippen molar-refractivity contribution in [2.24, 2.45) is 0 Å². The molecular weight excluding hydrogens is 334 g/mol. The van der Waals surface area contributed by atoms with Crippen LogP contribution >= 0.6 is 27.7 Å². The van der Waals surface area contributed by atoms with Crippen LogP contribution < -0.4 is 14.8 Å². The molecule has 19 heavy (non-hydrogen) atoms. The molecule has 7 heteroatoms. The summed E-state index contributed by atoms with van der Waals surface area (Å²) in [5, 5.41) is 12.0. The van der Waals surface area contributed by atoms with Gasteiger partial charge in [-0.2, -0.15) is 0 Å². The molecule has 1 aromatic rings. The topological polar surface area (TPSA) is 67.8 Å². The third kappa shape index (κ3) is 2.98. The standard InChI is InChI=1S/C12H14BrNO4S/c1-17-9-3-6(7(13)4-10(9)18-2)11-14-8(5-19-11)12(15)16/h3-4,8,11,14H,5H2,1-2H3,(H,15,16)/t8-,11?/m1/s1. The molecule has 2 rings (SSSR count). The SMILES string of the molecule is COc1cc(Br)c(C2N[C@@H](C(=O)O)CS2)cc1OC. The first-order valence-electron chi connectivity index (χ1n) is 5.58. The average Bonchev–Trinajstić information content (AvgIpc) is 2.87. The smallest absolute Gasteiger partial charge is 0.321 e.